The molecule has 0 radical (unpaired) electrons. The van der Waals surface area contributed by atoms with Crippen LogP contribution in [-0.4, -0.2) is 40.5 Å². The summed E-state index contributed by atoms with van der Waals surface area (Å²) in [6.45, 7) is 1.96. The predicted octanol–water partition coefficient (Wildman–Crippen LogP) is 2.19. The molecule has 1 aromatic heterocycles. The normalized spacial score (nSPS) is 10.3. The first-order valence-corrected chi connectivity index (χ1v) is 7.39. The number of thiazole rings is 1. The molecule has 1 N–H and O–H groups in total. The molecule has 7 heteroatoms. The zero-order valence-electron chi connectivity index (χ0n) is 12.3. The number of carboxylic acids is 1. The van der Waals surface area contributed by atoms with E-state index in [2.05, 4.69) is 4.98 Å². The lowest BCUT2D eigenvalue weighted by atomic mass is 10.2. The minimum atomic E-state index is -1.06. The number of carboxylic acid groups (broad SMARTS) is 1. The molecule has 1 heterocycles. The zero-order valence-corrected chi connectivity index (χ0v) is 13.1. The maximum absolute atomic E-state index is 12.4. The van der Waals surface area contributed by atoms with Crippen molar-refractivity contribution in [2.75, 3.05) is 13.7 Å². The Kier molecular flexibility index (Phi) is 5.11. The smallest absolute Gasteiger partial charge is 0.341 e. The summed E-state index contributed by atoms with van der Waals surface area (Å²) in [6.07, 6.45) is 1.76. The Morgan fingerprint density at radius 2 is 2.18 bits per heavy atom. The summed E-state index contributed by atoms with van der Waals surface area (Å²) in [5.41, 5.74) is 0.451. The van der Waals surface area contributed by atoms with E-state index in [1.165, 1.54) is 0 Å². The molecule has 6 nitrogen and oxygen atoms in total. The SMILES string of the molecule is Cc1ncc(CN(C)C(=O)c2cccc(OCC(=O)O)c2)s1. The Bertz CT molecular complexity index is 684. The van der Waals surface area contributed by atoms with Crippen molar-refractivity contribution in [3.8, 4) is 5.75 Å². The summed E-state index contributed by atoms with van der Waals surface area (Å²) in [5, 5.41) is 9.56. The standard InChI is InChI=1S/C15H16N2O4S/c1-10-16-7-13(22-10)8-17(2)15(20)11-4-3-5-12(6-11)21-9-14(18)19/h3-7H,8-9H2,1-2H3,(H,18,19). The lowest BCUT2D eigenvalue weighted by Gasteiger charge is -2.16. The molecule has 0 aliphatic carbocycles. The van der Waals surface area contributed by atoms with Crippen LogP contribution >= 0.6 is 11.3 Å². The van der Waals surface area contributed by atoms with Crippen LogP contribution in [0.4, 0.5) is 0 Å². The zero-order chi connectivity index (χ0) is 16.1. The Morgan fingerprint density at radius 3 is 2.82 bits per heavy atom. The topological polar surface area (TPSA) is 79.7 Å². The molecule has 2 aromatic rings. The van der Waals surface area contributed by atoms with Gasteiger partial charge in [0.05, 0.1) is 11.6 Å². The first-order chi connectivity index (χ1) is 10.5. The maximum atomic E-state index is 12.4. The van der Waals surface area contributed by atoms with E-state index >= 15 is 0 Å². The maximum Gasteiger partial charge on any atom is 0.341 e. The van der Waals surface area contributed by atoms with Gasteiger partial charge in [0.25, 0.3) is 5.91 Å². The van der Waals surface area contributed by atoms with Crippen molar-refractivity contribution in [1.29, 1.82) is 0 Å². The van der Waals surface area contributed by atoms with E-state index in [4.69, 9.17) is 9.84 Å². The molecular formula is C15H16N2O4S. The highest BCUT2D eigenvalue weighted by Gasteiger charge is 2.14. The second-order valence-corrected chi connectivity index (χ2v) is 6.04. The molecule has 2 rings (SSSR count). The summed E-state index contributed by atoms with van der Waals surface area (Å²) in [7, 11) is 1.71. The molecule has 116 valence electrons. The molecule has 0 saturated carbocycles. The second kappa shape index (κ2) is 7.04. The van der Waals surface area contributed by atoms with Crippen LogP contribution in [-0.2, 0) is 11.3 Å². The molecule has 0 saturated heterocycles. The minimum absolute atomic E-state index is 0.160. The number of carbonyl (C=O) groups is 2. The van der Waals surface area contributed by atoms with Crippen LogP contribution in [0.15, 0.2) is 30.5 Å². The van der Waals surface area contributed by atoms with Crippen molar-refractivity contribution in [2.45, 2.75) is 13.5 Å². The molecule has 0 fully saturated rings. The largest absolute Gasteiger partial charge is 0.482 e. The minimum Gasteiger partial charge on any atom is -0.482 e. The van der Waals surface area contributed by atoms with E-state index in [9.17, 15) is 9.59 Å². The van der Waals surface area contributed by atoms with Crippen LogP contribution in [0.2, 0.25) is 0 Å². The highest BCUT2D eigenvalue weighted by Crippen LogP contribution is 2.17. The summed E-state index contributed by atoms with van der Waals surface area (Å²) in [6, 6.07) is 6.49. The molecule has 0 aliphatic rings. The summed E-state index contributed by atoms with van der Waals surface area (Å²) >= 11 is 1.55. The fourth-order valence-corrected chi connectivity index (χ4v) is 2.72. The molecule has 1 aromatic carbocycles. The highest BCUT2D eigenvalue weighted by molar-refractivity contribution is 7.11. The Balaban J connectivity index is 2.04. The van der Waals surface area contributed by atoms with Gasteiger partial charge in [0.15, 0.2) is 6.61 Å². The van der Waals surface area contributed by atoms with Gasteiger partial charge in [-0.05, 0) is 25.1 Å². The molecular weight excluding hydrogens is 304 g/mol. The lowest BCUT2D eigenvalue weighted by molar-refractivity contribution is -0.139. The predicted molar refractivity (Wildman–Crippen MR) is 82.2 cm³/mol. The third kappa shape index (κ3) is 4.29. The number of nitrogens with zero attached hydrogens (tertiary/aromatic N) is 2. The third-order valence-corrected chi connectivity index (χ3v) is 3.75. The van der Waals surface area contributed by atoms with Gasteiger partial charge in [-0.15, -0.1) is 11.3 Å². The van der Waals surface area contributed by atoms with E-state index in [-0.39, 0.29) is 5.91 Å². The second-order valence-electron chi connectivity index (χ2n) is 4.72. The van der Waals surface area contributed by atoms with Crippen molar-refractivity contribution in [3.63, 3.8) is 0 Å². The number of amides is 1. The van der Waals surface area contributed by atoms with Gasteiger partial charge in [0.1, 0.15) is 5.75 Å². The van der Waals surface area contributed by atoms with Gasteiger partial charge in [-0.3, -0.25) is 4.79 Å². The van der Waals surface area contributed by atoms with E-state index in [1.54, 1.807) is 53.7 Å². The summed E-state index contributed by atoms with van der Waals surface area (Å²) in [5.74, 6) is -0.864. The number of ether oxygens (including phenoxy) is 1. The quantitative estimate of drug-likeness (QED) is 0.882. The highest BCUT2D eigenvalue weighted by atomic mass is 32.1. The number of hydrogen-bond donors (Lipinski definition) is 1. The third-order valence-electron chi connectivity index (χ3n) is 2.85. The van der Waals surface area contributed by atoms with Crippen LogP contribution in [0.3, 0.4) is 0 Å². The molecule has 0 aliphatic heterocycles. The molecule has 0 spiro atoms. The Morgan fingerprint density at radius 1 is 1.41 bits per heavy atom. The molecule has 0 unspecified atom stereocenters. The molecule has 0 atom stereocenters. The van der Waals surface area contributed by atoms with Gasteiger partial charge in [0.2, 0.25) is 0 Å². The summed E-state index contributed by atoms with van der Waals surface area (Å²) in [4.78, 5) is 29.6. The van der Waals surface area contributed by atoms with Gasteiger partial charge in [-0.1, -0.05) is 6.07 Å². The van der Waals surface area contributed by atoms with Gasteiger partial charge in [-0.25, -0.2) is 9.78 Å². The van der Waals surface area contributed by atoms with Crippen LogP contribution in [0.25, 0.3) is 0 Å². The van der Waals surface area contributed by atoms with E-state index in [0.29, 0.717) is 17.9 Å². The van der Waals surface area contributed by atoms with Crippen molar-refractivity contribution in [1.82, 2.24) is 9.88 Å². The number of aromatic nitrogens is 1. The first-order valence-electron chi connectivity index (χ1n) is 6.57. The van der Waals surface area contributed by atoms with Crippen LogP contribution < -0.4 is 4.74 Å². The average molecular weight is 320 g/mol. The number of aliphatic carboxylic acids is 1. The monoisotopic (exact) mass is 320 g/mol. The van der Waals surface area contributed by atoms with Crippen LogP contribution in [0, 0.1) is 6.92 Å². The van der Waals surface area contributed by atoms with Gasteiger partial charge in [-0.2, -0.15) is 0 Å². The van der Waals surface area contributed by atoms with Crippen LogP contribution in [0.1, 0.15) is 20.2 Å². The number of hydrogen-bond acceptors (Lipinski definition) is 5. The fraction of sp³-hybridized carbons (Fsp3) is 0.267. The van der Waals surface area contributed by atoms with Crippen molar-refractivity contribution < 1.29 is 19.4 Å². The molecule has 0 bridgehead atoms. The number of carbonyl (C=O) groups excluding carboxylic acids is 1. The van der Waals surface area contributed by atoms with Crippen molar-refractivity contribution >= 4 is 23.2 Å². The lowest BCUT2D eigenvalue weighted by Crippen LogP contribution is -2.25. The summed E-state index contributed by atoms with van der Waals surface area (Å²) < 4.78 is 5.08. The Hall–Kier alpha value is -2.41. The van der Waals surface area contributed by atoms with Crippen molar-refractivity contribution in [3.05, 3.63) is 45.9 Å². The number of benzene rings is 1. The van der Waals surface area contributed by atoms with E-state index in [0.717, 1.165) is 9.88 Å². The van der Waals surface area contributed by atoms with E-state index in [1.807, 2.05) is 6.92 Å². The van der Waals surface area contributed by atoms with E-state index < -0.39 is 12.6 Å². The molecule has 1 amide bonds. The number of rotatable bonds is 6. The van der Waals surface area contributed by atoms with Crippen molar-refractivity contribution in [2.24, 2.45) is 0 Å². The van der Waals surface area contributed by atoms with Gasteiger partial charge < -0.3 is 14.7 Å². The molecule has 22 heavy (non-hydrogen) atoms. The van der Waals surface area contributed by atoms with Crippen LogP contribution in [0.5, 0.6) is 5.75 Å². The van der Waals surface area contributed by atoms with Gasteiger partial charge in [0, 0.05) is 23.7 Å². The number of aryl methyl sites for hydroxylation is 1. The first kappa shape index (κ1) is 16.0. The fourth-order valence-electron chi connectivity index (χ4n) is 1.87. The Labute approximate surface area is 132 Å². The average Bonchev–Trinajstić information content (AvgIpc) is 2.89. The van der Waals surface area contributed by atoms with Gasteiger partial charge >= 0.3 is 5.97 Å².